The summed E-state index contributed by atoms with van der Waals surface area (Å²) < 4.78 is 11.5. The number of carbonyl (C=O) groups excluding carboxylic acids is 2. The first kappa shape index (κ1) is 26.6. The quantitative estimate of drug-likeness (QED) is 0.190. The maximum atomic E-state index is 14.1. The van der Waals surface area contributed by atoms with Gasteiger partial charge in [-0.05, 0) is 36.1 Å². The van der Waals surface area contributed by atoms with Crippen molar-refractivity contribution in [1.82, 2.24) is 0 Å². The van der Waals surface area contributed by atoms with E-state index in [1.807, 2.05) is 121 Å². The third-order valence-corrected chi connectivity index (χ3v) is 6.71. The molecule has 198 valence electrons. The molecule has 4 heteroatoms. The first-order chi connectivity index (χ1) is 19.7. The molecule has 0 heterocycles. The minimum atomic E-state index is -0.454. The van der Waals surface area contributed by atoms with E-state index < -0.39 is 11.9 Å². The van der Waals surface area contributed by atoms with Crippen LogP contribution in [0.5, 0.6) is 0 Å². The summed E-state index contributed by atoms with van der Waals surface area (Å²) in [6, 6.07) is 38.8. The third-order valence-electron chi connectivity index (χ3n) is 6.71. The van der Waals surface area contributed by atoms with E-state index in [0.717, 1.165) is 22.3 Å². The molecule has 0 amide bonds. The Morgan fingerprint density at radius 1 is 0.425 bits per heavy atom. The lowest BCUT2D eigenvalue weighted by atomic mass is 9.77. The molecule has 0 aliphatic heterocycles. The summed E-state index contributed by atoms with van der Waals surface area (Å²) in [7, 11) is 0. The number of hydrogen-bond acceptors (Lipinski definition) is 4. The van der Waals surface area contributed by atoms with Crippen molar-refractivity contribution in [3.05, 3.63) is 132 Å². The topological polar surface area (TPSA) is 52.6 Å². The summed E-state index contributed by atoms with van der Waals surface area (Å²) in [6.07, 6.45) is 0. The van der Waals surface area contributed by atoms with Gasteiger partial charge in [-0.25, -0.2) is 9.59 Å². The number of esters is 2. The molecule has 0 aliphatic carbocycles. The number of rotatable bonds is 8. The van der Waals surface area contributed by atoms with Gasteiger partial charge in [-0.3, -0.25) is 0 Å². The highest BCUT2D eigenvalue weighted by Crippen LogP contribution is 2.49. The summed E-state index contributed by atoms with van der Waals surface area (Å²) in [6.45, 7) is 4.02. The zero-order chi connectivity index (χ0) is 27.9. The molecular weight excluding hydrogens is 496 g/mol. The summed E-state index contributed by atoms with van der Waals surface area (Å²) in [5.41, 5.74) is 6.53. The van der Waals surface area contributed by atoms with Crippen molar-refractivity contribution in [2.75, 3.05) is 13.2 Å². The molecule has 0 spiro atoms. The van der Waals surface area contributed by atoms with Crippen molar-refractivity contribution >= 4 is 11.9 Å². The van der Waals surface area contributed by atoms with Gasteiger partial charge in [0, 0.05) is 22.3 Å². The monoisotopic (exact) mass is 526 g/mol. The first-order valence-electron chi connectivity index (χ1n) is 13.5. The summed E-state index contributed by atoms with van der Waals surface area (Å²) in [5, 5.41) is 0. The molecule has 0 atom stereocenters. The van der Waals surface area contributed by atoms with Crippen LogP contribution in [-0.2, 0) is 9.47 Å². The summed E-state index contributed by atoms with van der Waals surface area (Å²) in [5.74, 6) is -0.907. The molecule has 0 aromatic heterocycles. The van der Waals surface area contributed by atoms with Crippen LogP contribution in [0.15, 0.2) is 121 Å². The molecular formula is C36H30O4. The van der Waals surface area contributed by atoms with Gasteiger partial charge in [-0.15, -0.1) is 0 Å². The van der Waals surface area contributed by atoms with Crippen LogP contribution in [0.1, 0.15) is 34.6 Å². The zero-order valence-electron chi connectivity index (χ0n) is 22.6. The van der Waals surface area contributed by atoms with Crippen LogP contribution in [0.4, 0.5) is 0 Å². The van der Waals surface area contributed by atoms with Crippen molar-refractivity contribution in [3.8, 4) is 44.5 Å². The molecule has 5 rings (SSSR count). The molecule has 4 nitrogen and oxygen atoms in total. The van der Waals surface area contributed by atoms with Gasteiger partial charge in [0.15, 0.2) is 0 Å². The second kappa shape index (κ2) is 12.3. The fourth-order valence-electron chi connectivity index (χ4n) is 5.14. The predicted octanol–water partition coefficient (Wildman–Crippen LogP) is 8.71. The smallest absolute Gasteiger partial charge is 0.339 e. The van der Waals surface area contributed by atoms with Crippen LogP contribution < -0.4 is 0 Å². The molecule has 5 aromatic rings. The van der Waals surface area contributed by atoms with E-state index >= 15 is 0 Å². The standard InChI is InChI=1S/C36H30O4/c1-3-39-35(37)33-29(25-17-9-5-10-18-25)31(27-21-13-7-14-22-27)34(36(38)40-4-2)32(28-23-15-8-16-24-28)30(33)26-19-11-6-12-20-26/h5-24H,3-4H2,1-2H3. The zero-order valence-corrected chi connectivity index (χ0v) is 22.6. The van der Waals surface area contributed by atoms with Crippen molar-refractivity contribution in [1.29, 1.82) is 0 Å². The molecule has 0 bridgehead atoms. The molecule has 0 N–H and O–H groups in total. The van der Waals surface area contributed by atoms with Gasteiger partial charge in [-0.2, -0.15) is 0 Å². The largest absolute Gasteiger partial charge is 0.462 e. The number of ether oxygens (including phenoxy) is 2. The lowest BCUT2D eigenvalue weighted by Gasteiger charge is -2.26. The van der Waals surface area contributed by atoms with Crippen molar-refractivity contribution in [2.24, 2.45) is 0 Å². The first-order valence-corrected chi connectivity index (χ1v) is 13.5. The molecule has 0 unspecified atom stereocenters. The van der Waals surface area contributed by atoms with Crippen LogP contribution in [-0.4, -0.2) is 25.2 Å². The average molecular weight is 527 g/mol. The molecule has 5 aromatic carbocycles. The highest BCUT2D eigenvalue weighted by Gasteiger charge is 2.34. The molecule has 40 heavy (non-hydrogen) atoms. The van der Waals surface area contributed by atoms with Crippen molar-refractivity contribution in [2.45, 2.75) is 13.8 Å². The Labute approximate surface area is 234 Å². The number of hydrogen-bond donors (Lipinski definition) is 0. The average Bonchev–Trinajstić information content (AvgIpc) is 3.01. The van der Waals surface area contributed by atoms with E-state index in [-0.39, 0.29) is 13.2 Å². The van der Waals surface area contributed by atoms with Crippen LogP contribution >= 0.6 is 0 Å². The van der Waals surface area contributed by atoms with Gasteiger partial charge >= 0.3 is 11.9 Å². The van der Waals surface area contributed by atoms with E-state index in [2.05, 4.69) is 0 Å². The Balaban J connectivity index is 2.11. The van der Waals surface area contributed by atoms with Gasteiger partial charge in [0.05, 0.1) is 24.3 Å². The fourth-order valence-corrected chi connectivity index (χ4v) is 5.14. The normalized spacial score (nSPS) is 10.7. The van der Waals surface area contributed by atoms with E-state index in [9.17, 15) is 9.59 Å². The highest BCUT2D eigenvalue weighted by molar-refractivity contribution is 6.19. The SMILES string of the molecule is CCOC(=O)c1c(-c2ccccc2)c(-c2ccccc2)c(C(=O)OCC)c(-c2ccccc2)c1-c1ccccc1. The molecule has 0 saturated carbocycles. The van der Waals surface area contributed by atoms with Gasteiger partial charge in [0.1, 0.15) is 0 Å². The molecule has 0 radical (unpaired) electrons. The van der Waals surface area contributed by atoms with E-state index in [1.165, 1.54) is 0 Å². The van der Waals surface area contributed by atoms with E-state index in [4.69, 9.17) is 9.47 Å². The van der Waals surface area contributed by atoms with E-state index in [1.54, 1.807) is 13.8 Å². The minimum absolute atomic E-state index is 0.211. The lowest BCUT2D eigenvalue weighted by molar-refractivity contribution is 0.0514. The van der Waals surface area contributed by atoms with Crippen LogP contribution in [0, 0.1) is 0 Å². The van der Waals surface area contributed by atoms with Gasteiger partial charge in [-0.1, -0.05) is 121 Å². The lowest BCUT2D eigenvalue weighted by Crippen LogP contribution is -2.16. The van der Waals surface area contributed by atoms with Crippen molar-refractivity contribution in [3.63, 3.8) is 0 Å². The fraction of sp³-hybridized carbons (Fsp3) is 0.111. The van der Waals surface area contributed by atoms with Crippen LogP contribution in [0.25, 0.3) is 44.5 Å². The van der Waals surface area contributed by atoms with Crippen LogP contribution in [0.2, 0.25) is 0 Å². The summed E-state index contributed by atoms with van der Waals surface area (Å²) in [4.78, 5) is 28.1. The Morgan fingerprint density at radius 2 is 0.650 bits per heavy atom. The van der Waals surface area contributed by atoms with E-state index in [0.29, 0.717) is 33.4 Å². The number of benzene rings is 5. The maximum Gasteiger partial charge on any atom is 0.339 e. The molecule has 0 saturated heterocycles. The van der Waals surface area contributed by atoms with Gasteiger partial charge < -0.3 is 9.47 Å². The Hall–Kier alpha value is -4.96. The second-order valence-electron chi connectivity index (χ2n) is 9.16. The van der Waals surface area contributed by atoms with Crippen LogP contribution in [0.3, 0.4) is 0 Å². The Bertz CT molecular complexity index is 1380. The third kappa shape index (κ3) is 5.16. The molecule has 0 fully saturated rings. The van der Waals surface area contributed by atoms with Crippen molar-refractivity contribution < 1.29 is 19.1 Å². The summed E-state index contributed by atoms with van der Waals surface area (Å²) >= 11 is 0. The highest BCUT2D eigenvalue weighted by atomic mass is 16.5. The Morgan fingerprint density at radius 3 is 0.850 bits per heavy atom. The minimum Gasteiger partial charge on any atom is -0.462 e. The second-order valence-corrected chi connectivity index (χ2v) is 9.16. The maximum absolute atomic E-state index is 14.1. The number of carbonyl (C=O) groups is 2. The van der Waals surface area contributed by atoms with Gasteiger partial charge in [0.25, 0.3) is 0 Å². The molecule has 0 aliphatic rings. The Kier molecular flexibility index (Phi) is 8.17. The predicted molar refractivity (Wildman–Crippen MR) is 160 cm³/mol. The van der Waals surface area contributed by atoms with Gasteiger partial charge in [0.2, 0.25) is 0 Å².